The summed E-state index contributed by atoms with van der Waals surface area (Å²) in [5, 5.41) is 2.24. The van der Waals surface area contributed by atoms with Crippen LogP contribution in [0.3, 0.4) is 0 Å². The molecule has 0 saturated heterocycles. The molecule has 0 radical (unpaired) electrons. The van der Waals surface area contributed by atoms with Crippen molar-refractivity contribution < 1.29 is 0 Å². The van der Waals surface area contributed by atoms with Gasteiger partial charge in [0.1, 0.15) is 0 Å². The molecule has 72 valence electrons. The minimum absolute atomic E-state index is 0.795. The summed E-state index contributed by atoms with van der Waals surface area (Å²) in [5.41, 5.74) is 1.57. The normalized spacial score (nSPS) is 23.1. The van der Waals surface area contributed by atoms with Gasteiger partial charge >= 0.3 is 0 Å². The summed E-state index contributed by atoms with van der Waals surface area (Å²) < 4.78 is 0. The number of hydrogen-bond acceptors (Lipinski definition) is 2. The third-order valence-electron chi connectivity index (χ3n) is 2.96. The van der Waals surface area contributed by atoms with Crippen molar-refractivity contribution in [3.05, 3.63) is 21.9 Å². The Morgan fingerprint density at radius 2 is 2.38 bits per heavy atom. The largest absolute Gasteiger partial charge is 0.299 e. The summed E-state index contributed by atoms with van der Waals surface area (Å²) in [6.07, 6.45) is 1.28. The molecule has 1 aliphatic heterocycles. The Balaban J connectivity index is 2.25. The molecule has 0 N–H and O–H groups in total. The van der Waals surface area contributed by atoms with Crippen LogP contribution in [0.4, 0.5) is 0 Å². The molecule has 0 spiro atoms. The van der Waals surface area contributed by atoms with Crippen molar-refractivity contribution in [2.24, 2.45) is 0 Å². The molecule has 0 saturated carbocycles. The number of hydrogen-bond donors (Lipinski definition) is 0. The van der Waals surface area contributed by atoms with E-state index in [1.165, 1.54) is 26.1 Å². The molecule has 13 heavy (non-hydrogen) atoms. The minimum Gasteiger partial charge on any atom is -0.299 e. The van der Waals surface area contributed by atoms with E-state index in [1.54, 1.807) is 10.4 Å². The number of thiophene rings is 1. The lowest BCUT2D eigenvalue weighted by molar-refractivity contribution is 0.242. The second-order valence-electron chi connectivity index (χ2n) is 3.74. The van der Waals surface area contributed by atoms with Crippen LogP contribution in [0.25, 0.3) is 0 Å². The summed E-state index contributed by atoms with van der Waals surface area (Å²) in [4.78, 5) is 4.19. The number of nitrogens with zero attached hydrogens (tertiary/aromatic N) is 1. The van der Waals surface area contributed by atoms with Gasteiger partial charge in [0.2, 0.25) is 0 Å². The Labute approximate surface area is 84.4 Å². The highest BCUT2D eigenvalue weighted by molar-refractivity contribution is 7.10. The molecular weight excluding hydrogens is 178 g/mol. The van der Waals surface area contributed by atoms with Crippen molar-refractivity contribution in [3.63, 3.8) is 0 Å². The average molecular weight is 195 g/mol. The van der Waals surface area contributed by atoms with Gasteiger partial charge in [0, 0.05) is 23.9 Å². The molecule has 1 aromatic heterocycles. The average Bonchev–Trinajstić information content (AvgIpc) is 2.63. The maximum absolute atomic E-state index is 2.54. The van der Waals surface area contributed by atoms with E-state index in [4.69, 9.17) is 0 Å². The quantitative estimate of drug-likeness (QED) is 0.701. The SMILES string of the molecule is CCC1CN(CC)Cc2ccsc21. The van der Waals surface area contributed by atoms with E-state index in [9.17, 15) is 0 Å². The van der Waals surface area contributed by atoms with E-state index in [0.29, 0.717) is 0 Å². The highest BCUT2D eigenvalue weighted by Crippen LogP contribution is 2.34. The fourth-order valence-electron chi connectivity index (χ4n) is 2.09. The molecule has 0 aliphatic carbocycles. The van der Waals surface area contributed by atoms with Crippen molar-refractivity contribution in [1.29, 1.82) is 0 Å². The second kappa shape index (κ2) is 3.81. The van der Waals surface area contributed by atoms with Crippen molar-refractivity contribution in [2.75, 3.05) is 13.1 Å². The van der Waals surface area contributed by atoms with Gasteiger partial charge in [0.15, 0.2) is 0 Å². The molecule has 0 aromatic carbocycles. The molecule has 1 atom stereocenters. The van der Waals surface area contributed by atoms with Gasteiger partial charge in [0.05, 0.1) is 0 Å². The third-order valence-corrected chi connectivity index (χ3v) is 4.09. The van der Waals surface area contributed by atoms with Crippen LogP contribution in [-0.2, 0) is 6.54 Å². The van der Waals surface area contributed by atoms with Crippen LogP contribution in [0.1, 0.15) is 36.6 Å². The van der Waals surface area contributed by atoms with Gasteiger partial charge in [-0.1, -0.05) is 13.8 Å². The topological polar surface area (TPSA) is 3.24 Å². The van der Waals surface area contributed by atoms with E-state index in [2.05, 4.69) is 30.2 Å². The Hall–Kier alpha value is -0.340. The van der Waals surface area contributed by atoms with E-state index in [-0.39, 0.29) is 0 Å². The lowest BCUT2D eigenvalue weighted by Crippen LogP contribution is -2.32. The first-order valence-corrected chi connectivity index (χ1v) is 6.01. The molecule has 0 bridgehead atoms. The highest BCUT2D eigenvalue weighted by Gasteiger charge is 2.23. The van der Waals surface area contributed by atoms with Gasteiger partial charge in [0.25, 0.3) is 0 Å². The standard InChI is InChI=1S/C11H17NS/c1-3-9-7-12(4-2)8-10-5-6-13-11(9)10/h5-6,9H,3-4,7-8H2,1-2H3. The van der Waals surface area contributed by atoms with Crippen molar-refractivity contribution in [2.45, 2.75) is 32.7 Å². The maximum Gasteiger partial charge on any atom is 0.0245 e. The zero-order chi connectivity index (χ0) is 9.26. The van der Waals surface area contributed by atoms with Crippen LogP contribution < -0.4 is 0 Å². The Kier molecular flexibility index (Phi) is 2.70. The monoisotopic (exact) mass is 195 g/mol. The number of likely N-dealkylation sites (N-methyl/N-ethyl adjacent to an activating group) is 1. The Morgan fingerprint density at radius 3 is 3.08 bits per heavy atom. The lowest BCUT2D eigenvalue weighted by Gasteiger charge is -2.31. The second-order valence-corrected chi connectivity index (χ2v) is 4.69. The van der Waals surface area contributed by atoms with Gasteiger partial charge in [-0.25, -0.2) is 0 Å². The predicted octanol–water partition coefficient (Wildman–Crippen LogP) is 3.08. The zero-order valence-electron chi connectivity index (χ0n) is 8.42. The first-order chi connectivity index (χ1) is 6.35. The summed E-state index contributed by atoms with van der Waals surface area (Å²) in [6, 6.07) is 2.30. The first-order valence-electron chi connectivity index (χ1n) is 5.13. The summed E-state index contributed by atoms with van der Waals surface area (Å²) in [6.45, 7) is 8.18. The fraction of sp³-hybridized carbons (Fsp3) is 0.636. The molecule has 1 unspecified atom stereocenters. The minimum atomic E-state index is 0.795. The maximum atomic E-state index is 2.54. The van der Waals surface area contributed by atoms with Gasteiger partial charge in [-0.15, -0.1) is 11.3 Å². The molecule has 1 aromatic rings. The molecule has 0 fully saturated rings. The fourth-order valence-corrected chi connectivity index (χ4v) is 3.19. The van der Waals surface area contributed by atoms with E-state index in [1.807, 2.05) is 11.3 Å². The van der Waals surface area contributed by atoms with Gasteiger partial charge in [-0.2, -0.15) is 0 Å². The van der Waals surface area contributed by atoms with E-state index < -0.39 is 0 Å². The smallest absolute Gasteiger partial charge is 0.0245 e. The van der Waals surface area contributed by atoms with Crippen LogP contribution in [-0.4, -0.2) is 18.0 Å². The molecule has 2 heteroatoms. The van der Waals surface area contributed by atoms with Crippen LogP contribution in [0.5, 0.6) is 0 Å². The van der Waals surface area contributed by atoms with E-state index in [0.717, 1.165) is 5.92 Å². The molecule has 1 nitrogen and oxygen atoms in total. The van der Waals surface area contributed by atoms with Crippen LogP contribution >= 0.6 is 11.3 Å². The Morgan fingerprint density at radius 1 is 1.54 bits per heavy atom. The highest BCUT2D eigenvalue weighted by atomic mass is 32.1. The predicted molar refractivity (Wildman–Crippen MR) is 58.3 cm³/mol. The summed E-state index contributed by atoms with van der Waals surface area (Å²) in [5.74, 6) is 0.795. The molecule has 1 aliphatic rings. The number of fused-ring (bicyclic) bond motifs is 1. The van der Waals surface area contributed by atoms with Crippen molar-refractivity contribution in [3.8, 4) is 0 Å². The van der Waals surface area contributed by atoms with Crippen molar-refractivity contribution >= 4 is 11.3 Å². The Bertz CT molecular complexity index is 279. The van der Waals surface area contributed by atoms with E-state index >= 15 is 0 Å². The molecule has 0 amide bonds. The van der Waals surface area contributed by atoms with Gasteiger partial charge < -0.3 is 0 Å². The lowest BCUT2D eigenvalue weighted by atomic mass is 9.96. The van der Waals surface area contributed by atoms with Crippen LogP contribution in [0.2, 0.25) is 0 Å². The summed E-state index contributed by atoms with van der Waals surface area (Å²) in [7, 11) is 0. The molecule has 2 rings (SSSR count). The number of rotatable bonds is 2. The molecule has 2 heterocycles. The van der Waals surface area contributed by atoms with Gasteiger partial charge in [-0.3, -0.25) is 4.90 Å². The van der Waals surface area contributed by atoms with Crippen LogP contribution in [0, 0.1) is 0 Å². The summed E-state index contributed by atoms with van der Waals surface area (Å²) >= 11 is 1.94. The van der Waals surface area contributed by atoms with Crippen molar-refractivity contribution in [1.82, 2.24) is 4.90 Å². The first kappa shape index (κ1) is 9.22. The molecular formula is C11H17NS. The third kappa shape index (κ3) is 1.65. The zero-order valence-corrected chi connectivity index (χ0v) is 9.23. The van der Waals surface area contributed by atoms with Crippen LogP contribution in [0.15, 0.2) is 11.4 Å². The van der Waals surface area contributed by atoms with Gasteiger partial charge in [-0.05, 0) is 30.0 Å².